The maximum Gasteiger partial charge on any atom is 0.129 e. The summed E-state index contributed by atoms with van der Waals surface area (Å²) in [5.74, 6) is -0.392. The predicted molar refractivity (Wildman–Crippen MR) is 55.9 cm³/mol. The van der Waals surface area contributed by atoms with Crippen LogP contribution in [-0.2, 0) is 6.54 Å². The lowest BCUT2D eigenvalue weighted by atomic mass is 10.1. The number of aliphatic hydroxyl groups is 2. The van der Waals surface area contributed by atoms with Crippen molar-refractivity contribution in [2.45, 2.75) is 12.6 Å². The van der Waals surface area contributed by atoms with Gasteiger partial charge in [-0.1, -0.05) is 6.07 Å². The fraction of sp³-hybridized carbons (Fsp3) is 0.400. The van der Waals surface area contributed by atoms with Crippen LogP contribution in [0, 0.1) is 5.82 Å². The van der Waals surface area contributed by atoms with Gasteiger partial charge in [-0.25, -0.2) is 4.39 Å². The van der Waals surface area contributed by atoms with Crippen LogP contribution < -0.4 is 11.1 Å². The van der Waals surface area contributed by atoms with Crippen LogP contribution in [0.5, 0.6) is 0 Å². The number of benzene rings is 1. The molecule has 0 aliphatic carbocycles. The molecule has 84 valence electrons. The molecule has 5 N–H and O–H groups in total. The molecule has 1 aromatic carbocycles. The summed E-state index contributed by atoms with van der Waals surface area (Å²) < 4.78 is 13.3. The highest BCUT2D eigenvalue weighted by atomic mass is 19.1. The quantitative estimate of drug-likeness (QED) is 0.558. The van der Waals surface area contributed by atoms with Gasteiger partial charge in [-0.15, -0.1) is 0 Å². The second-order valence-electron chi connectivity index (χ2n) is 3.18. The first kappa shape index (κ1) is 11.9. The molecule has 0 aliphatic rings. The van der Waals surface area contributed by atoms with Crippen molar-refractivity contribution in [3.63, 3.8) is 0 Å². The molecule has 0 saturated heterocycles. The summed E-state index contributed by atoms with van der Waals surface area (Å²) in [6.07, 6.45) is 0. The van der Waals surface area contributed by atoms with Gasteiger partial charge in [0.05, 0.1) is 19.3 Å². The molecule has 0 radical (unpaired) electrons. The largest absolute Gasteiger partial charge is 0.394 e. The number of halogens is 1. The van der Waals surface area contributed by atoms with E-state index in [1.54, 1.807) is 12.1 Å². The van der Waals surface area contributed by atoms with Gasteiger partial charge in [0.1, 0.15) is 5.82 Å². The van der Waals surface area contributed by atoms with E-state index in [2.05, 4.69) is 5.32 Å². The number of hydrogen-bond acceptors (Lipinski definition) is 4. The van der Waals surface area contributed by atoms with Crippen molar-refractivity contribution in [2.75, 3.05) is 18.5 Å². The van der Waals surface area contributed by atoms with E-state index >= 15 is 0 Å². The lowest BCUT2D eigenvalue weighted by molar-refractivity contribution is 0.204. The van der Waals surface area contributed by atoms with Gasteiger partial charge < -0.3 is 21.3 Å². The van der Waals surface area contributed by atoms with E-state index in [0.29, 0.717) is 11.3 Å². The molecule has 0 aromatic heterocycles. The van der Waals surface area contributed by atoms with Crippen molar-refractivity contribution in [3.05, 3.63) is 29.6 Å². The smallest absolute Gasteiger partial charge is 0.129 e. The Labute approximate surface area is 87.5 Å². The monoisotopic (exact) mass is 214 g/mol. The minimum Gasteiger partial charge on any atom is -0.394 e. The topological polar surface area (TPSA) is 78.5 Å². The van der Waals surface area contributed by atoms with Crippen molar-refractivity contribution < 1.29 is 14.6 Å². The molecule has 1 aromatic rings. The van der Waals surface area contributed by atoms with Crippen LogP contribution in [0.25, 0.3) is 0 Å². The molecule has 4 nitrogen and oxygen atoms in total. The predicted octanol–water partition coefficient (Wildman–Crippen LogP) is 0.0495. The van der Waals surface area contributed by atoms with Gasteiger partial charge in [-0.05, 0) is 12.1 Å². The van der Waals surface area contributed by atoms with Gasteiger partial charge in [0.15, 0.2) is 0 Å². The molecule has 0 unspecified atom stereocenters. The zero-order valence-electron chi connectivity index (χ0n) is 8.28. The Kier molecular flexibility index (Phi) is 4.48. The first-order valence-electron chi connectivity index (χ1n) is 4.68. The van der Waals surface area contributed by atoms with Crippen LogP contribution in [0.3, 0.4) is 0 Å². The van der Waals surface area contributed by atoms with Crippen molar-refractivity contribution in [1.29, 1.82) is 0 Å². The Balaban J connectivity index is 2.88. The molecular formula is C10H15FN2O2. The number of hydrogen-bond donors (Lipinski definition) is 4. The number of aliphatic hydroxyl groups excluding tert-OH is 2. The maximum atomic E-state index is 13.3. The van der Waals surface area contributed by atoms with E-state index in [4.69, 9.17) is 15.9 Å². The lowest BCUT2D eigenvalue weighted by Crippen LogP contribution is -2.28. The Morgan fingerprint density at radius 2 is 2.00 bits per heavy atom. The van der Waals surface area contributed by atoms with Crippen LogP contribution in [0.1, 0.15) is 5.56 Å². The summed E-state index contributed by atoms with van der Waals surface area (Å²) in [5, 5.41) is 20.6. The molecule has 5 heteroatoms. The summed E-state index contributed by atoms with van der Waals surface area (Å²) in [5.41, 5.74) is 6.26. The van der Waals surface area contributed by atoms with Gasteiger partial charge in [-0.3, -0.25) is 0 Å². The van der Waals surface area contributed by atoms with Gasteiger partial charge in [0, 0.05) is 17.8 Å². The van der Waals surface area contributed by atoms with Crippen LogP contribution >= 0.6 is 0 Å². The maximum absolute atomic E-state index is 13.3. The van der Waals surface area contributed by atoms with Crippen molar-refractivity contribution in [2.24, 2.45) is 5.73 Å². The highest BCUT2D eigenvalue weighted by Gasteiger charge is 2.10. The van der Waals surface area contributed by atoms with Crippen LogP contribution in [0.2, 0.25) is 0 Å². The molecule has 1 rings (SSSR count). The molecule has 0 amide bonds. The van der Waals surface area contributed by atoms with Gasteiger partial charge in [-0.2, -0.15) is 0 Å². The number of nitrogens with two attached hydrogens (primary N) is 1. The summed E-state index contributed by atoms with van der Waals surface area (Å²) >= 11 is 0. The summed E-state index contributed by atoms with van der Waals surface area (Å²) in [4.78, 5) is 0. The molecule has 0 atom stereocenters. The summed E-state index contributed by atoms with van der Waals surface area (Å²) in [6.45, 7) is -0.382. The van der Waals surface area contributed by atoms with E-state index in [9.17, 15) is 4.39 Å². The highest BCUT2D eigenvalue weighted by molar-refractivity contribution is 5.52. The molecule has 0 aliphatic heterocycles. The number of nitrogens with one attached hydrogen (secondary N) is 1. The normalized spacial score (nSPS) is 10.7. The van der Waals surface area contributed by atoms with E-state index < -0.39 is 11.9 Å². The third-order valence-corrected chi connectivity index (χ3v) is 2.12. The summed E-state index contributed by atoms with van der Waals surface area (Å²) in [6, 6.07) is 4.02. The van der Waals surface area contributed by atoms with Gasteiger partial charge in [0.25, 0.3) is 0 Å². The zero-order chi connectivity index (χ0) is 11.3. The Morgan fingerprint density at radius 1 is 1.33 bits per heavy atom. The highest BCUT2D eigenvalue weighted by Crippen LogP contribution is 2.18. The summed E-state index contributed by atoms with van der Waals surface area (Å²) in [7, 11) is 0. The van der Waals surface area contributed by atoms with Gasteiger partial charge >= 0.3 is 0 Å². The number of rotatable bonds is 5. The fourth-order valence-electron chi connectivity index (χ4n) is 1.27. The molecule has 0 bridgehead atoms. The van der Waals surface area contributed by atoms with E-state index in [1.165, 1.54) is 6.07 Å². The standard InChI is InChI=1S/C10H15FN2O2/c11-9-2-1-3-10(8(9)4-12)13-7(5-14)6-15/h1-3,7,13-15H,4-6,12H2. The fourth-order valence-corrected chi connectivity index (χ4v) is 1.27. The van der Waals surface area contributed by atoms with E-state index in [-0.39, 0.29) is 19.8 Å². The molecular weight excluding hydrogens is 199 g/mol. The first-order chi connectivity index (χ1) is 7.22. The molecule has 0 saturated carbocycles. The Morgan fingerprint density at radius 3 is 2.53 bits per heavy atom. The number of anilines is 1. The van der Waals surface area contributed by atoms with Crippen LogP contribution in [0.15, 0.2) is 18.2 Å². The van der Waals surface area contributed by atoms with Crippen molar-refractivity contribution in [1.82, 2.24) is 0 Å². The second-order valence-corrected chi connectivity index (χ2v) is 3.18. The Hall–Kier alpha value is -1.17. The molecule has 0 fully saturated rings. The Bertz CT molecular complexity index is 316. The molecule has 0 heterocycles. The van der Waals surface area contributed by atoms with E-state index in [1.807, 2.05) is 0 Å². The molecule has 15 heavy (non-hydrogen) atoms. The lowest BCUT2D eigenvalue weighted by Gasteiger charge is -2.17. The third-order valence-electron chi connectivity index (χ3n) is 2.12. The average Bonchev–Trinajstić information content (AvgIpc) is 2.26. The van der Waals surface area contributed by atoms with Gasteiger partial charge in [0.2, 0.25) is 0 Å². The minimum absolute atomic E-state index is 0.0680. The second kappa shape index (κ2) is 5.65. The van der Waals surface area contributed by atoms with E-state index in [0.717, 1.165) is 0 Å². The van der Waals surface area contributed by atoms with Crippen molar-refractivity contribution in [3.8, 4) is 0 Å². The molecule has 0 spiro atoms. The zero-order valence-corrected chi connectivity index (χ0v) is 8.28. The van der Waals surface area contributed by atoms with Crippen LogP contribution in [0.4, 0.5) is 10.1 Å². The first-order valence-corrected chi connectivity index (χ1v) is 4.68. The van der Waals surface area contributed by atoms with Crippen molar-refractivity contribution >= 4 is 5.69 Å². The SMILES string of the molecule is NCc1c(F)cccc1NC(CO)CO. The average molecular weight is 214 g/mol. The van der Waals surface area contributed by atoms with Crippen LogP contribution in [-0.4, -0.2) is 29.5 Å². The third kappa shape index (κ3) is 2.89. The minimum atomic E-state index is -0.503.